The summed E-state index contributed by atoms with van der Waals surface area (Å²) in [5.74, 6) is 0. The largest absolute Gasteiger partial charge is 0.456 e. The number of hydrogen-bond donors (Lipinski definition) is 0. The lowest BCUT2D eigenvalue weighted by Crippen LogP contribution is -2.10. The van der Waals surface area contributed by atoms with E-state index in [1.54, 1.807) is 0 Å². The highest BCUT2D eigenvalue weighted by Gasteiger charge is 2.18. The Hall–Kier alpha value is -6.06. The van der Waals surface area contributed by atoms with Gasteiger partial charge in [0.1, 0.15) is 11.2 Å². The lowest BCUT2D eigenvalue weighted by Gasteiger charge is -2.19. The average molecular weight is 631 g/mol. The Morgan fingerprint density at radius 1 is 0.388 bits per heavy atom. The Morgan fingerprint density at radius 2 is 0.878 bits per heavy atom. The van der Waals surface area contributed by atoms with Gasteiger partial charge in [0.05, 0.1) is 22.1 Å². The van der Waals surface area contributed by atoms with Crippen LogP contribution >= 0.6 is 0 Å². The number of aromatic nitrogens is 2. The molecular weight excluding hydrogens is 597 g/mol. The summed E-state index contributed by atoms with van der Waals surface area (Å²) in [6, 6.07) is 55.2. The monoisotopic (exact) mass is 630 g/mol. The molecule has 3 nitrogen and oxygen atoms in total. The van der Waals surface area contributed by atoms with Gasteiger partial charge in [-0.25, -0.2) is 0 Å². The molecular formula is C46H34N2O. The van der Waals surface area contributed by atoms with Crippen LogP contribution in [-0.2, 0) is 5.41 Å². The predicted molar refractivity (Wildman–Crippen MR) is 207 cm³/mol. The molecule has 234 valence electrons. The highest BCUT2D eigenvalue weighted by atomic mass is 16.3. The number of furan rings is 1. The van der Waals surface area contributed by atoms with Crippen LogP contribution in [0.1, 0.15) is 26.3 Å². The SMILES string of the molecule is CC(C)(C)c1ccc(-n2c3ccccc3c3cc(-c4ccc5c(c4)c4ccccc4n5-c4ccc5c(c4)oc4ccccc45)ccc32)cc1. The minimum Gasteiger partial charge on any atom is -0.456 e. The van der Waals surface area contributed by atoms with E-state index < -0.39 is 0 Å². The van der Waals surface area contributed by atoms with E-state index in [4.69, 9.17) is 4.42 Å². The van der Waals surface area contributed by atoms with Crippen LogP contribution in [0.5, 0.6) is 0 Å². The number of hydrogen-bond acceptors (Lipinski definition) is 1. The van der Waals surface area contributed by atoms with Gasteiger partial charge in [0.15, 0.2) is 0 Å². The maximum Gasteiger partial charge on any atom is 0.137 e. The Kier molecular flexibility index (Phi) is 5.84. The van der Waals surface area contributed by atoms with Crippen LogP contribution in [0.25, 0.3) is 88.1 Å². The maximum atomic E-state index is 6.29. The molecule has 0 bridgehead atoms. The fourth-order valence-electron chi connectivity index (χ4n) is 7.83. The van der Waals surface area contributed by atoms with Gasteiger partial charge in [-0.05, 0) is 88.8 Å². The van der Waals surface area contributed by atoms with Gasteiger partial charge in [0.2, 0.25) is 0 Å². The summed E-state index contributed by atoms with van der Waals surface area (Å²) >= 11 is 0. The van der Waals surface area contributed by atoms with Gasteiger partial charge in [-0.3, -0.25) is 0 Å². The zero-order valence-electron chi connectivity index (χ0n) is 27.7. The summed E-state index contributed by atoms with van der Waals surface area (Å²) < 4.78 is 11.1. The lowest BCUT2D eigenvalue weighted by molar-refractivity contribution is 0.590. The van der Waals surface area contributed by atoms with E-state index in [2.05, 4.69) is 169 Å². The Labute approximate surface area is 284 Å². The van der Waals surface area contributed by atoms with Crippen LogP contribution in [0, 0.1) is 0 Å². The van der Waals surface area contributed by atoms with Crippen molar-refractivity contribution >= 4 is 65.6 Å². The van der Waals surface area contributed by atoms with Gasteiger partial charge >= 0.3 is 0 Å². The molecule has 0 saturated heterocycles. The fraction of sp³-hybridized carbons (Fsp3) is 0.0870. The summed E-state index contributed by atoms with van der Waals surface area (Å²) in [6.45, 7) is 6.79. The predicted octanol–water partition coefficient (Wildman–Crippen LogP) is 12.7. The third kappa shape index (κ3) is 4.22. The van der Waals surface area contributed by atoms with Crippen molar-refractivity contribution in [1.82, 2.24) is 9.13 Å². The number of benzene rings is 7. The van der Waals surface area contributed by atoms with E-state index in [0.717, 1.165) is 27.6 Å². The van der Waals surface area contributed by atoms with Crippen molar-refractivity contribution < 1.29 is 4.42 Å². The second-order valence-electron chi connectivity index (χ2n) is 14.2. The molecule has 3 heterocycles. The van der Waals surface area contributed by atoms with Crippen LogP contribution in [0.3, 0.4) is 0 Å². The second kappa shape index (κ2) is 10.2. The van der Waals surface area contributed by atoms with Crippen molar-refractivity contribution in [3.05, 3.63) is 157 Å². The third-order valence-corrected chi connectivity index (χ3v) is 10.3. The zero-order chi connectivity index (χ0) is 32.9. The van der Waals surface area contributed by atoms with Crippen molar-refractivity contribution in [1.29, 1.82) is 0 Å². The van der Waals surface area contributed by atoms with E-state index in [0.29, 0.717) is 0 Å². The standard InChI is InChI=1S/C46H34N2O/c1-46(2,3)31-18-20-32(21-19-31)47-40-13-7-4-10-34(40)38-26-29(16-24-42(38)47)30-17-25-43-39(27-30)35-11-5-8-14-41(35)48(43)33-22-23-37-36-12-6-9-15-44(36)49-45(37)28-33/h4-28H,1-3H3. The molecule has 0 amide bonds. The first kappa shape index (κ1) is 28.0. The summed E-state index contributed by atoms with van der Waals surface area (Å²) in [5.41, 5.74) is 12.8. The Morgan fingerprint density at radius 3 is 1.49 bits per heavy atom. The first-order chi connectivity index (χ1) is 23.9. The van der Waals surface area contributed by atoms with E-state index in [1.807, 2.05) is 12.1 Å². The molecule has 0 aliphatic carbocycles. The van der Waals surface area contributed by atoms with Crippen LogP contribution < -0.4 is 0 Å². The normalized spacial score (nSPS) is 12.4. The Balaban J connectivity index is 1.13. The molecule has 0 aliphatic rings. The Bertz CT molecular complexity index is 2910. The van der Waals surface area contributed by atoms with Crippen molar-refractivity contribution in [3.8, 4) is 22.5 Å². The molecule has 10 aromatic rings. The molecule has 49 heavy (non-hydrogen) atoms. The van der Waals surface area contributed by atoms with Crippen LogP contribution in [-0.4, -0.2) is 9.13 Å². The van der Waals surface area contributed by atoms with Gasteiger partial charge in [-0.1, -0.05) is 99.6 Å². The minimum atomic E-state index is 0.115. The highest BCUT2D eigenvalue weighted by molar-refractivity contribution is 6.13. The quantitative estimate of drug-likeness (QED) is 0.190. The van der Waals surface area contributed by atoms with Gasteiger partial charge in [0.25, 0.3) is 0 Å². The van der Waals surface area contributed by atoms with Gasteiger partial charge in [-0.2, -0.15) is 0 Å². The molecule has 0 saturated carbocycles. The number of fused-ring (bicyclic) bond motifs is 9. The lowest BCUT2D eigenvalue weighted by atomic mass is 9.87. The second-order valence-corrected chi connectivity index (χ2v) is 14.2. The topological polar surface area (TPSA) is 23.0 Å². The van der Waals surface area contributed by atoms with Crippen molar-refractivity contribution in [2.24, 2.45) is 0 Å². The average Bonchev–Trinajstić information content (AvgIpc) is 3.78. The third-order valence-electron chi connectivity index (χ3n) is 10.3. The summed E-state index contributed by atoms with van der Waals surface area (Å²) in [4.78, 5) is 0. The van der Waals surface area contributed by atoms with Crippen LogP contribution in [0.4, 0.5) is 0 Å². The molecule has 10 rings (SSSR count). The van der Waals surface area contributed by atoms with E-state index in [1.165, 1.54) is 66.0 Å². The molecule has 0 N–H and O–H groups in total. The fourth-order valence-corrected chi connectivity index (χ4v) is 7.83. The number of para-hydroxylation sites is 3. The van der Waals surface area contributed by atoms with Gasteiger partial charge < -0.3 is 13.6 Å². The minimum absolute atomic E-state index is 0.115. The molecule has 7 aromatic carbocycles. The number of rotatable bonds is 3. The summed E-state index contributed by atoms with van der Waals surface area (Å²) in [6.07, 6.45) is 0. The van der Waals surface area contributed by atoms with Crippen LogP contribution in [0.15, 0.2) is 156 Å². The smallest absolute Gasteiger partial charge is 0.137 e. The molecule has 0 radical (unpaired) electrons. The zero-order valence-corrected chi connectivity index (χ0v) is 27.7. The van der Waals surface area contributed by atoms with Gasteiger partial charge in [-0.15, -0.1) is 0 Å². The van der Waals surface area contributed by atoms with Crippen molar-refractivity contribution in [2.75, 3.05) is 0 Å². The van der Waals surface area contributed by atoms with Crippen molar-refractivity contribution in [2.45, 2.75) is 26.2 Å². The van der Waals surface area contributed by atoms with Crippen LogP contribution in [0.2, 0.25) is 0 Å². The molecule has 0 atom stereocenters. The van der Waals surface area contributed by atoms with E-state index in [-0.39, 0.29) is 5.41 Å². The molecule has 3 aromatic heterocycles. The first-order valence-electron chi connectivity index (χ1n) is 17.0. The molecule has 3 heteroatoms. The van der Waals surface area contributed by atoms with Crippen molar-refractivity contribution in [3.63, 3.8) is 0 Å². The first-order valence-corrected chi connectivity index (χ1v) is 17.0. The van der Waals surface area contributed by atoms with E-state index in [9.17, 15) is 0 Å². The van der Waals surface area contributed by atoms with E-state index >= 15 is 0 Å². The molecule has 0 fully saturated rings. The maximum absolute atomic E-state index is 6.29. The summed E-state index contributed by atoms with van der Waals surface area (Å²) in [7, 11) is 0. The molecule has 0 unspecified atom stereocenters. The molecule has 0 spiro atoms. The summed E-state index contributed by atoms with van der Waals surface area (Å²) in [5, 5.41) is 7.28. The van der Waals surface area contributed by atoms with Gasteiger partial charge in [0, 0.05) is 49.8 Å². The highest BCUT2D eigenvalue weighted by Crippen LogP contribution is 2.39. The number of nitrogens with zero attached hydrogens (tertiary/aromatic N) is 2. The molecule has 0 aliphatic heterocycles.